The molecule has 0 atom stereocenters. The maximum absolute atomic E-state index is 9.78. The third kappa shape index (κ3) is 2.97. The van der Waals surface area contributed by atoms with Gasteiger partial charge in [-0.2, -0.15) is 0 Å². The van der Waals surface area contributed by atoms with Gasteiger partial charge in [0, 0.05) is 17.5 Å². The zero-order chi connectivity index (χ0) is 13.0. The summed E-state index contributed by atoms with van der Waals surface area (Å²) in [5, 5.41) is 22.2. The van der Waals surface area contributed by atoms with E-state index < -0.39 is 0 Å². The second kappa shape index (κ2) is 5.80. The molecule has 0 radical (unpaired) electrons. The summed E-state index contributed by atoms with van der Waals surface area (Å²) in [6.07, 6.45) is 0. The van der Waals surface area contributed by atoms with Crippen LogP contribution in [-0.4, -0.2) is 17.3 Å². The molecule has 0 unspecified atom stereocenters. The Morgan fingerprint density at radius 1 is 1.06 bits per heavy atom. The molecule has 0 saturated carbocycles. The first kappa shape index (κ1) is 12.8. The first-order valence-corrected chi connectivity index (χ1v) is 6.44. The predicted molar refractivity (Wildman–Crippen MR) is 73.1 cm³/mol. The molecule has 2 rings (SSSR count). The summed E-state index contributed by atoms with van der Waals surface area (Å²) in [7, 11) is 1.90. The predicted octanol–water partition coefficient (Wildman–Crippen LogP) is 2.97. The van der Waals surface area contributed by atoms with Crippen LogP contribution in [0.4, 0.5) is 0 Å². The van der Waals surface area contributed by atoms with Gasteiger partial charge in [0.1, 0.15) is 11.5 Å². The lowest BCUT2D eigenvalue weighted by molar-refractivity contribution is 0.442. The number of benzene rings is 2. The third-order valence-electron chi connectivity index (χ3n) is 2.50. The maximum Gasteiger partial charge on any atom is 0.133 e. The fourth-order valence-corrected chi connectivity index (χ4v) is 2.60. The van der Waals surface area contributed by atoms with Crippen LogP contribution >= 0.6 is 11.8 Å². The summed E-state index contributed by atoms with van der Waals surface area (Å²) in [6.45, 7) is 0.780. The summed E-state index contributed by atoms with van der Waals surface area (Å²) in [6, 6.07) is 12.7. The van der Waals surface area contributed by atoms with Crippen molar-refractivity contribution in [2.24, 2.45) is 0 Å². The molecular weight excluding hydrogens is 246 g/mol. The normalized spacial score (nSPS) is 10.5. The molecule has 0 aliphatic heterocycles. The van der Waals surface area contributed by atoms with Crippen LogP contribution in [0.1, 0.15) is 5.56 Å². The number of phenols is 2. The van der Waals surface area contributed by atoms with Gasteiger partial charge in [-0.05, 0) is 30.8 Å². The Balaban J connectivity index is 2.28. The van der Waals surface area contributed by atoms with Gasteiger partial charge in [0.05, 0.1) is 4.90 Å². The first-order chi connectivity index (χ1) is 8.70. The summed E-state index contributed by atoms with van der Waals surface area (Å²) in [5.41, 5.74) is 1.18. The van der Waals surface area contributed by atoms with Crippen LogP contribution in [0, 0.1) is 0 Å². The molecule has 2 aromatic carbocycles. The van der Waals surface area contributed by atoms with Crippen molar-refractivity contribution in [3.63, 3.8) is 0 Å². The van der Waals surface area contributed by atoms with Gasteiger partial charge in [-0.25, -0.2) is 0 Å². The van der Waals surface area contributed by atoms with Crippen molar-refractivity contribution >= 4 is 11.8 Å². The number of phenolic OH excluding ortho intramolecular Hbond substituents is 2. The Bertz CT molecular complexity index is 543. The smallest absolute Gasteiger partial charge is 0.133 e. The largest absolute Gasteiger partial charge is 0.508 e. The van der Waals surface area contributed by atoms with Crippen LogP contribution in [0.25, 0.3) is 0 Å². The lowest BCUT2D eigenvalue weighted by Crippen LogP contribution is -2.05. The van der Waals surface area contributed by atoms with E-state index in [1.54, 1.807) is 12.1 Å². The minimum atomic E-state index is 0.0698. The molecule has 0 heterocycles. The van der Waals surface area contributed by atoms with Crippen molar-refractivity contribution in [2.75, 3.05) is 7.05 Å². The van der Waals surface area contributed by atoms with Gasteiger partial charge >= 0.3 is 0 Å². The summed E-state index contributed by atoms with van der Waals surface area (Å²) in [4.78, 5) is 1.82. The lowest BCUT2D eigenvalue weighted by atomic mass is 10.2. The van der Waals surface area contributed by atoms with Gasteiger partial charge in [0.25, 0.3) is 0 Å². The average molecular weight is 261 g/mol. The minimum absolute atomic E-state index is 0.0698. The van der Waals surface area contributed by atoms with Gasteiger partial charge in [0.15, 0.2) is 0 Å². The number of hydrogen-bond donors (Lipinski definition) is 3. The molecule has 3 nitrogen and oxygen atoms in total. The lowest BCUT2D eigenvalue weighted by Gasteiger charge is -2.09. The van der Waals surface area contributed by atoms with Crippen molar-refractivity contribution < 1.29 is 10.2 Å². The Kier molecular flexibility index (Phi) is 4.12. The Morgan fingerprint density at radius 2 is 1.83 bits per heavy atom. The van der Waals surface area contributed by atoms with Crippen molar-refractivity contribution in [3.8, 4) is 11.5 Å². The number of nitrogens with one attached hydrogen (secondary N) is 1. The van der Waals surface area contributed by atoms with Crippen LogP contribution < -0.4 is 5.32 Å². The first-order valence-electron chi connectivity index (χ1n) is 5.63. The molecule has 0 spiro atoms. The molecule has 0 aliphatic carbocycles. The molecule has 2 aromatic rings. The van der Waals surface area contributed by atoms with Gasteiger partial charge in [-0.15, -0.1) is 0 Å². The molecule has 0 aromatic heterocycles. The van der Waals surface area contributed by atoms with E-state index in [2.05, 4.69) is 11.4 Å². The zero-order valence-electron chi connectivity index (χ0n) is 10.1. The Morgan fingerprint density at radius 3 is 2.56 bits per heavy atom. The highest BCUT2D eigenvalue weighted by Gasteiger charge is 2.07. The molecule has 0 aliphatic rings. The zero-order valence-corrected chi connectivity index (χ0v) is 10.9. The Hall–Kier alpha value is -1.65. The highest BCUT2D eigenvalue weighted by atomic mass is 32.2. The molecule has 94 valence electrons. The quantitative estimate of drug-likeness (QED) is 0.792. The molecule has 0 bridgehead atoms. The number of rotatable bonds is 4. The fourth-order valence-electron chi connectivity index (χ4n) is 1.65. The average Bonchev–Trinajstić information content (AvgIpc) is 2.35. The van der Waals surface area contributed by atoms with E-state index in [1.807, 2.05) is 25.2 Å². The summed E-state index contributed by atoms with van der Waals surface area (Å²) >= 11 is 1.49. The van der Waals surface area contributed by atoms with Crippen LogP contribution in [-0.2, 0) is 6.54 Å². The second-order valence-electron chi connectivity index (χ2n) is 3.89. The molecular formula is C14H15NO2S. The maximum atomic E-state index is 9.78. The molecule has 0 amide bonds. The van der Waals surface area contributed by atoms with Crippen molar-refractivity contribution in [3.05, 3.63) is 48.0 Å². The van der Waals surface area contributed by atoms with Crippen LogP contribution in [0.3, 0.4) is 0 Å². The van der Waals surface area contributed by atoms with E-state index in [4.69, 9.17) is 0 Å². The van der Waals surface area contributed by atoms with Crippen LogP contribution in [0.5, 0.6) is 11.5 Å². The van der Waals surface area contributed by atoms with Gasteiger partial charge in [0.2, 0.25) is 0 Å². The monoisotopic (exact) mass is 261 g/mol. The standard InChI is InChI=1S/C14H15NO2S/c1-15-9-10-4-2-3-5-13(10)18-14-7-6-11(16)8-12(14)17/h2-8,15-17H,9H2,1H3. The molecule has 18 heavy (non-hydrogen) atoms. The fraction of sp³-hybridized carbons (Fsp3) is 0.143. The van der Waals surface area contributed by atoms with E-state index in [0.29, 0.717) is 0 Å². The van der Waals surface area contributed by atoms with Crippen molar-refractivity contribution in [1.82, 2.24) is 5.32 Å². The van der Waals surface area contributed by atoms with E-state index in [0.717, 1.165) is 16.3 Å². The molecule has 0 saturated heterocycles. The van der Waals surface area contributed by atoms with Gasteiger partial charge < -0.3 is 15.5 Å². The SMILES string of the molecule is CNCc1ccccc1Sc1ccc(O)cc1O. The molecule has 3 N–H and O–H groups in total. The highest BCUT2D eigenvalue weighted by Crippen LogP contribution is 2.37. The summed E-state index contributed by atoms with van der Waals surface area (Å²) in [5.74, 6) is 0.166. The summed E-state index contributed by atoms with van der Waals surface area (Å²) < 4.78 is 0. The van der Waals surface area contributed by atoms with Crippen LogP contribution in [0.15, 0.2) is 52.3 Å². The van der Waals surface area contributed by atoms with Gasteiger partial charge in [-0.3, -0.25) is 0 Å². The van der Waals surface area contributed by atoms with Crippen molar-refractivity contribution in [1.29, 1.82) is 0 Å². The van der Waals surface area contributed by atoms with E-state index in [-0.39, 0.29) is 11.5 Å². The molecule has 0 fully saturated rings. The van der Waals surface area contributed by atoms with E-state index in [1.165, 1.54) is 23.4 Å². The molecule has 4 heteroatoms. The topological polar surface area (TPSA) is 52.5 Å². The van der Waals surface area contributed by atoms with E-state index >= 15 is 0 Å². The second-order valence-corrected chi connectivity index (χ2v) is 4.98. The minimum Gasteiger partial charge on any atom is -0.508 e. The van der Waals surface area contributed by atoms with Crippen LogP contribution in [0.2, 0.25) is 0 Å². The van der Waals surface area contributed by atoms with E-state index in [9.17, 15) is 10.2 Å². The number of hydrogen-bond acceptors (Lipinski definition) is 4. The number of aromatic hydroxyl groups is 2. The van der Waals surface area contributed by atoms with Gasteiger partial charge in [-0.1, -0.05) is 30.0 Å². The Labute approximate surface area is 110 Å². The highest BCUT2D eigenvalue weighted by molar-refractivity contribution is 7.99. The van der Waals surface area contributed by atoms with Crippen molar-refractivity contribution in [2.45, 2.75) is 16.3 Å². The third-order valence-corrected chi connectivity index (χ3v) is 3.69.